The van der Waals surface area contributed by atoms with Crippen molar-refractivity contribution in [1.82, 2.24) is 9.80 Å². The number of amides is 1. The van der Waals surface area contributed by atoms with Crippen molar-refractivity contribution < 1.29 is 19.2 Å². The molecule has 0 aliphatic carbocycles. The molecule has 1 aliphatic heterocycles. The fourth-order valence-corrected chi connectivity index (χ4v) is 3.51. The SMILES string of the molecule is Cc1cccc(CN2CCN(C(=O)COC(=O)c3ccc([N+](=O)[O-])c(C)c3)CC2)c1. The van der Waals surface area contributed by atoms with Gasteiger partial charge < -0.3 is 9.64 Å². The third kappa shape index (κ3) is 5.42. The summed E-state index contributed by atoms with van der Waals surface area (Å²) in [5, 5.41) is 10.9. The standard InChI is InChI=1S/C22H25N3O5/c1-16-4-3-5-18(12-16)14-23-8-10-24(11-9-23)21(26)15-30-22(27)19-6-7-20(25(28)29)17(2)13-19/h3-7,12-13H,8-11,14-15H2,1-2H3. The zero-order chi connectivity index (χ0) is 21.7. The van der Waals surface area contributed by atoms with Crippen LogP contribution < -0.4 is 0 Å². The van der Waals surface area contributed by atoms with Crippen molar-refractivity contribution in [3.8, 4) is 0 Å². The highest BCUT2D eigenvalue weighted by Gasteiger charge is 2.23. The van der Waals surface area contributed by atoms with Crippen molar-refractivity contribution in [2.24, 2.45) is 0 Å². The monoisotopic (exact) mass is 411 g/mol. The molecule has 30 heavy (non-hydrogen) atoms. The molecular weight excluding hydrogens is 386 g/mol. The lowest BCUT2D eigenvalue weighted by molar-refractivity contribution is -0.385. The van der Waals surface area contributed by atoms with E-state index >= 15 is 0 Å². The normalized spacial score (nSPS) is 14.4. The second kappa shape index (κ2) is 9.49. The zero-order valence-corrected chi connectivity index (χ0v) is 17.2. The van der Waals surface area contributed by atoms with Gasteiger partial charge in [0.05, 0.1) is 10.5 Å². The van der Waals surface area contributed by atoms with Crippen molar-refractivity contribution in [1.29, 1.82) is 0 Å². The molecule has 0 bridgehead atoms. The zero-order valence-electron chi connectivity index (χ0n) is 17.2. The number of carbonyl (C=O) groups is 2. The van der Waals surface area contributed by atoms with Crippen molar-refractivity contribution in [3.05, 3.63) is 74.8 Å². The number of aryl methyl sites for hydroxylation is 2. The molecule has 8 nitrogen and oxygen atoms in total. The second-order valence-corrected chi connectivity index (χ2v) is 7.48. The van der Waals surface area contributed by atoms with Crippen LogP contribution in [0, 0.1) is 24.0 Å². The van der Waals surface area contributed by atoms with Crippen LogP contribution in [0.25, 0.3) is 0 Å². The number of benzene rings is 2. The number of hydrogen-bond acceptors (Lipinski definition) is 6. The number of rotatable bonds is 6. The van der Waals surface area contributed by atoms with Crippen molar-refractivity contribution in [3.63, 3.8) is 0 Å². The van der Waals surface area contributed by atoms with Gasteiger partial charge in [0.1, 0.15) is 0 Å². The maximum atomic E-state index is 12.4. The highest BCUT2D eigenvalue weighted by molar-refractivity contribution is 5.91. The molecule has 0 aromatic heterocycles. The van der Waals surface area contributed by atoms with Crippen LogP contribution in [0.3, 0.4) is 0 Å². The number of piperazine rings is 1. The summed E-state index contributed by atoms with van der Waals surface area (Å²) in [7, 11) is 0. The van der Waals surface area contributed by atoms with Crippen LogP contribution in [0.5, 0.6) is 0 Å². The number of hydrogen-bond donors (Lipinski definition) is 0. The van der Waals surface area contributed by atoms with Gasteiger partial charge in [-0.2, -0.15) is 0 Å². The summed E-state index contributed by atoms with van der Waals surface area (Å²) in [4.78, 5) is 38.9. The molecule has 0 radical (unpaired) electrons. The van der Waals surface area contributed by atoms with E-state index in [9.17, 15) is 19.7 Å². The largest absolute Gasteiger partial charge is 0.452 e. The lowest BCUT2D eigenvalue weighted by Gasteiger charge is -2.34. The molecule has 0 unspecified atom stereocenters. The van der Waals surface area contributed by atoms with Crippen LogP contribution in [0.15, 0.2) is 42.5 Å². The van der Waals surface area contributed by atoms with Crippen LogP contribution in [0.4, 0.5) is 5.69 Å². The minimum absolute atomic E-state index is 0.0637. The van der Waals surface area contributed by atoms with Crippen LogP contribution >= 0.6 is 0 Å². The van der Waals surface area contributed by atoms with E-state index in [-0.39, 0.29) is 23.8 Å². The first-order valence-corrected chi connectivity index (χ1v) is 9.81. The van der Waals surface area contributed by atoms with Gasteiger partial charge in [-0.3, -0.25) is 19.8 Å². The first-order valence-electron chi connectivity index (χ1n) is 9.81. The molecule has 0 saturated carbocycles. The summed E-state index contributed by atoms with van der Waals surface area (Å²) in [6.45, 7) is 6.81. The summed E-state index contributed by atoms with van der Waals surface area (Å²) in [6, 6.07) is 12.4. The van der Waals surface area contributed by atoms with E-state index in [1.165, 1.54) is 29.3 Å². The molecule has 0 N–H and O–H groups in total. The number of nitro benzene ring substituents is 1. The van der Waals surface area contributed by atoms with Crippen LogP contribution in [0.2, 0.25) is 0 Å². The predicted octanol–water partition coefficient (Wildman–Crippen LogP) is 2.71. The van der Waals surface area contributed by atoms with Crippen molar-refractivity contribution in [2.45, 2.75) is 20.4 Å². The summed E-state index contributed by atoms with van der Waals surface area (Å²) in [6.07, 6.45) is 0. The number of esters is 1. The molecule has 8 heteroatoms. The Labute approximate surface area is 175 Å². The van der Waals surface area contributed by atoms with E-state index < -0.39 is 10.9 Å². The minimum Gasteiger partial charge on any atom is -0.452 e. The first-order chi connectivity index (χ1) is 14.3. The maximum Gasteiger partial charge on any atom is 0.338 e. The highest BCUT2D eigenvalue weighted by Crippen LogP contribution is 2.19. The lowest BCUT2D eigenvalue weighted by atomic mass is 10.1. The highest BCUT2D eigenvalue weighted by atomic mass is 16.6. The average Bonchev–Trinajstić information content (AvgIpc) is 2.72. The maximum absolute atomic E-state index is 12.4. The molecule has 2 aromatic rings. The molecule has 0 atom stereocenters. The number of nitro groups is 1. The second-order valence-electron chi connectivity index (χ2n) is 7.48. The Morgan fingerprint density at radius 3 is 2.43 bits per heavy atom. The van der Waals surface area contributed by atoms with Gasteiger partial charge in [0, 0.05) is 44.4 Å². The van der Waals surface area contributed by atoms with Gasteiger partial charge in [-0.1, -0.05) is 29.8 Å². The van der Waals surface area contributed by atoms with Crippen LogP contribution in [-0.4, -0.2) is 59.4 Å². The van der Waals surface area contributed by atoms with E-state index in [0.29, 0.717) is 18.7 Å². The topological polar surface area (TPSA) is 93.0 Å². The molecule has 2 aromatic carbocycles. The third-order valence-corrected chi connectivity index (χ3v) is 5.17. The van der Waals surface area contributed by atoms with Gasteiger partial charge in [-0.25, -0.2) is 4.79 Å². The van der Waals surface area contributed by atoms with Crippen LogP contribution in [0.1, 0.15) is 27.0 Å². The van der Waals surface area contributed by atoms with E-state index in [1.807, 2.05) is 6.07 Å². The van der Waals surface area contributed by atoms with E-state index in [4.69, 9.17) is 4.74 Å². The quantitative estimate of drug-likeness (QED) is 0.412. The van der Waals surface area contributed by atoms with Crippen molar-refractivity contribution >= 4 is 17.6 Å². The molecule has 1 fully saturated rings. The summed E-state index contributed by atoms with van der Waals surface area (Å²) in [5.41, 5.74) is 2.97. The molecule has 0 spiro atoms. The Morgan fingerprint density at radius 2 is 1.80 bits per heavy atom. The van der Waals surface area contributed by atoms with Gasteiger partial charge in [0.25, 0.3) is 11.6 Å². The fraction of sp³-hybridized carbons (Fsp3) is 0.364. The summed E-state index contributed by atoms with van der Waals surface area (Å²) < 4.78 is 5.12. The van der Waals surface area contributed by atoms with Gasteiger partial charge in [-0.05, 0) is 31.5 Å². The minimum atomic E-state index is -0.667. The molecule has 1 aliphatic rings. The van der Waals surface area contributed by atoms with Gasteiger partial charge >= 0.3 is 5.97 Å². The first kappa shape index (κ1) is 21.4. The Morgan fingerprint density at radius 1 is 1.07 bits per heavy atom. The third-order valence-electron chi connectivity index (χ3n) is 5.17. The Bertz CT molecular complexity index is 952. The van der Waals surface area contributed by atoms with Gasteiger partial charge in [-0.15, -0.1) is 0 Å². The van der Waals surface area contributed by atoms with E-state index in [0.717, 1.165) is 19.6 Å². The molecule has 1 amide bonds. The summed E-state index contributed by atoms with van der Waals surface area (Å²) >= 11 is 0. The average molecular weight is 411 g/mol. The van der Waals surface area contributed by atoms with Crippen molar-refractivity contribution in [2.75, 3.05) is 32.8 Å². The molecule has 158 valence electrons. The predicted molar refractivity (Wildman–Crippen MR) is 111 cm³/mol. The van der Waals surface area contributed by atoms with Gasteiger partial charge in [0.2, 0.25) is 0 Å². The summed E-state index contributed by atoms with van der Waals surface area (Å²) in [5.74, 6) is -0.906. The molecule has 1 saturated heterocycles. The van der Waals surface area contributed by atoms with Crippen LogP contribution in [-0.2, 0) is 16.1 Å². The molecule has 1 heterocycles. The Kier molecular flexibility index (Phi) is 6.79. The Balaban J connectivity index is 1.46. The molecule has 3 rings (SSSR count). The van der Waals surface area contributed by atoms with E-state index in [2.05, 4.69) is 30.0 Å². The lowest BCUT2D eigenvalue weighted by Crippen LogP contribution is -2.49. The number of nitrogens with zero attached hydrogens (tertiary/aromatic N) is 3. The fourth-order valence-electron chi connectivity index (χ4n) is 3.51. The Hall–Kier alpha value is -3.26. The number of ether oxygens (including phenoxy) is 1. The smallest absolute Gasteiger partial charge is 0.338 e. The van der Waals surface area contributed by atoms with Gasteiger partial charge in [0.15, 0.2) is 6.61 Å². The van der Waals surface area contributed by atoms with E-state index in [1.54, 1.807) is 11.8 Å². The molecular formula is C22H25N3O5. The number of carbonyl (C=O) groups excluding carboxylic acids is 2.